The number of nitrogens with two attached hydrogens (primary N) is 1. The minimum absolute atomic E-state index is 0.114. The van der Waals surface area contributed by atoms with E-state index in [9.17, 15) is 4.79 Å². The van der Waals surface area contributed by atoms with Crippen molar-refractivity contribution in [2.75, 3.05) is 12.3 Å². The molecule has 146 valence electrons. The number of anilines is 1. The van der Waals surface area contributed by atoms with E-state index in [-0.39, 0.29) is 24.8 Å². The van der Waals surface area contributed by atoms with Gasteiger partial charge in [0.2, 0.25) is 17.7 Å². The standard InChI is InChI=1S/C18H16N8O3/c1-24-13-15(25(18(24)27)8-10-29-12-6-2-3-7-20-12)22-17(19)26-16(13)21-14(23-26)11-5-4-9-28-11/h2-7,9H,8,10H2,1H3,(H2,19,22). The number of aromatic nitrogens is 7. The van der Waals surface area contributed by atoms with Gasteiger partial charge in [0, 0.05) is 19.3 Å². The third kappa shape index (κ3) is 2.71. The predicted molar refractivity (Wildman–Crippen MR) is 103 cm³/mol. The Kier molecular flexibility index (Phi) is 3.79. The van der Waals surface area contributed by atoms with Crippen LogP contribution in [0.2, 0.25) is 0 Å². The topological polar surface area (TPSA) is 131 Å². The molecule has 0 spiro atoms. The number of hydrogen-bond donors (Lipinski definition) is 1. The largest absolute Gasteiger partial charge is 0.476 e. The minimum atomic E-state index is -0.257. The molecule has 0 radical (unpaired) electrons. The minimum Gasteiger partial charge on any atom is -0.476 e. The van der Waals surface area contributed by atoms with Crippen molar-refractivity contribution in [3.63, 3.8) is 0 Å². The Balaban J connectivity index is 1.59. The van der Waals surface area contributed by atoms with Crippen molar-refractivity contribution >= 4 is 22.8 Å². The smallest absolute Gasteiger partial charge is 0.330 e. The first-order valence-corrected chi connectivity index (χ1v) is 8.82. The van der Waals surface area contributed by atoms with Crippen molar-refractivity contribution in [1.29, 1.82) is 0 Å². The Bertz CT molecular complexity index is 1370. The number of pyridine rings is 1. The molecule has 5 rings (SSSR count). The second-order valence-corrected chi connectivity index (χ2v) is 6.30. The maximum absolute atomic E-state index is 12.8. The van der Waals surface area contributed by atoms with E-state index >= 15 is 0 Å². The summed E-state index contributed by atoms with van der Waals surface area (Å²) < 4.78 is 15.3. The number of imidazole rings is 1. The zero-order chi connectivity index (χ0) is 20.0. The van der Waals surface area contributed by atoms with Gasteiger partial charge in [-0.15, -0.1) is 5.10 Å². The van der Waals surface area contributed by atoms with Gasteiger partial charge < -0.3 is 14.9 Å². The molecule has 0 unspecified atom stereocenters. The van der Waals surface area contributed by atoms with E-state index in [1.165, 1.54) is 19.9 Å². The van der Waals surface area contributed by atoms with E-state index < -0.39 is 0 Å². The molecule has 0 aromatic carbocycles. The van der Waals surface area contributed by atoms with Crippen molar-refractivity contribution in [3.8, 4) is 17.5 Å². The molecule has 5 aromatic heterocycles. The van der Waals surface area contributed by atoms with E-state index in [0.717, 1.165) is 0 Å². The summed E-state index contributed by atoms with van der Waals surface area (Å²) in [7, 11) is 1.65. The first kappa shape index (κ1) is 17.0. The first-order chi connectivity index (χ1) is 14.1. The van der Waals surface area contributed by atoms with Crippen LogP contribution in [0.3, 0.4) is 0 Å². The van der Waals surface area contributed by atoms with Gasteiger partial charge in [0.05, 0.1) is 12.8 Å². The fourth-order valence-electron chi connectivity index (χ4n) is 3.18. The van der Waals surface area contributed by atoms with Crippen molar-refractivity contribution < 1.29 is 9.15 Å². The fraction of sp³-hybridized carbons (Fsp3) is 0.167. The average Bonchev–Trinajstić information content (AvgIpc) is 3.44. The van der Waals surface area contributed by atoms with E-state index in [1.54, 1.807) is 37.5 Å². The van der Waals surface area contributed by atoms with Crippen molar-refractivity contribution in [2.45, 2.75) is 6.54 Å². The lowest BCUT2D eigenvalue weighted by Gasteiger charge is -2.06. The number of ether oxygens (including phenoxy) is 1. The van der Waals surface area contributed by atoms with Crippen LogP contribution in [-0.2, 0) is 13.6 Å². The fourth-order valence-corrected chi connectivity index (χ4v) is 3.18. The van der Waals surface area contributed by atoms with Gasteiger partial charge in [-0.3, -0.25) is 9.13 Å². The molecule has 0 bridgehead atoms. The molecule has 0 fully saturated rings. The highest BCUT2D eigenvalue weighted by atomic mass is 16.5. The number of nitrogen functional groups attached to an aromatic ring is 1. The molecule has 5 aromatic rings. The number of aryl methyl sites for hydroxylation is 1. The van der Waals surface area contributed by atoms with Crippen molar-refractivity contribution in [2.24, 2.45) is 7.05 Å². The summed E-state index contributed by atoms with van der Waals surface area (Å²) in [5, 5.41) is 4.35. The second-order valence-electron chi connectivity index (χ2n) is 6.30. The van der Waals surface area contributed by atoms with Crippen molar-refractivity contribution in [3.05, 3.63) is 53.3 Å². The van der Waals surface area contributed by atoms with E-state index in [1.807, 2.05) is 6.07 Å². The molecule has 0 aliphatic carbocycles. The van der Waals surface area contributed by atoms with Crippen LogP contribution in [0, 0.1) is 0 Å². The molecule has 0 saturated carbocycles. The van der Waals surface area contributed by atoms with Crippen LogP contribution in [0.15, 0.2) is 52.0 Å². The third-order valence-corrected chi connectivity index (χ3v) is 4.52. The molecule has 5 heterocycles. The first-order valence-electron chi connectivity index (χ1n) is 8.82. The molecule has 11 nitrogen and oxygen atoms in total. The number of rotatable bonds is 5. The highest BCUT2D eigenvalue weighted by Crippen LogP contribution is 2.23. The van der Waals surface area contributed by atoms with Crippen molar-refractivity contribution in [1.82, 2.24) is 33.7 Å². The Morgan fingerprint density at radius 2 is 2.07 bits per heavy atom. The van der Waals surface area contributed by atoms with Gasteiger partial charge in [0.25, 0.3) is 0 Å². The average molecular weight is 392 g/mol. The van der Waals surface area contributed by atoms with Gasteiger partial charge >= 0.3 is 5.69 Å². The normalized spacial score (nSPS) is 11.5. The molecule has 0 atom stereocenters. The number of nitrogens with zero attached hydrogens (tertiary/aromatic N) is 7. The van der Waals surface area contributed by atoms with Crippen LogP contribution >= 0.6 is 0 Å². The highest BCUT2D eigenvalue weighted by molar-refractivity contribution is 5.88. The molecular formula is C18H16N8O3. The lowest BCUT2D eigenvalue weighted by molar-refractivity contribution is 0.287. The van der Waals surface area contributed by atoms with Gasteiger partial charge in [-0.25, -0.2) is 14.8 Å². The third-order valence-electron chi connectivity index (χ3n) is 4.52. The summed E-state index contributed by atoms with van der Waals surface area (Å²) >= 11 is 0. The summed E-state index contributed by atoms with van der Waals surface area (Å²) in [6, 6.07) is 8.86. The highest BCUT2D eigenvalue weighted by Gasteiger charge is 2.21. The zero-order valence-corrected chi connectivity index (χ0v) is 15.4. The Morgan fingerprint density at radius 3 is 2.83 bits per heavy atom. The van der Waals surface area contributed by atoms with Crippen LogP contribution in [0.5, 0.6) is 5.88 Å². The predicted octanol–water partition coefficient (Wildman–Crippen LogP) is 1.09. The van der Waals surface area contributed by atoms with Crippen LogP contribution in [0.1, 0.15) is 0 Å². The van der Waals surface area contributed by atoms with E-state index in [2.05, 4.69) is 20.1 Å². The lowest BCUT2D eigenvalue weighted by atomic mass is 10.4. The quantitative estimate of drug-likeness (QED) is 0.470. The van der Waals surface area contributed by atoms with Gasteiger partial charge in [0.1, 0.15) is 12.1 Å². The summed E-state index contributed by atoms with van der Waals surface area (Å²) in [6.45, 7) is 0.516. The maximum atomic E-state index is 12.8. The molecule has 0 saturated heterocycles. The number of hydrogen-bond acceptors (Lipinski definition) is 8. The molecular weight excluding hydrogens is 376 g/mol. The van der Waals surface area contributed by atoms with Gasteiger partial charge in [0.15, 0.2) is 17.1 Å². The number of furan rings is 1. The number of fused-ring (bicyclic) bond motifs is 3. The summed E-state index contributed by atoms with van der Waals surface area (Å²) in [4.78, 5) is 25.8. The van der Waals surface area contributed by atoms with Crippen LogP contribution < -0.4 is 16.2 Å². The van der Waals surface area contributed by atoms with Gasteiger partial charge in [-0.2, -0.15) is 9.50 Å². The SMILES string of the molecule is Cn1c(=O)n(CCOc2ccccn2)c2nc(N)n3nc(-c4ccco4)nc3c21. The van der Waals surface area contributed by atoms with Gasteiger partial charge in [-0.1, -0.05) is 6.07 Å². The lowest BCUT2D eigenvalue weighted by Crippen LogP contribution is -2.25. The zero-order valence-electron chi connectivity index (χ0n) is 15.4. The summed E-state index contributed by atoms with van der Waals surface area (Å²) in [6.07, 6.45) is 3.17. The molecule has 0 amide bonds. The van der Waals surface area contributed by atoms with Gasteiger partial charge in [-0.05, 0) is 18.2 Å². The van der Waals surface area contributed by atoms with E-state index in [0.29, 0.717) is 34.3 Å². The van der Waals surface area contributed by atoms with Crippen LogP contribution in [0.4, 0.5) is 5.95 Å². The molecule has 2 N–H and O–H groups in total. The Labute approximate surface area is 163 Å². The van der Waals surface area contributed by atoms with E-state index in [4.69, 9.17) is 14.9 Å². The molecule has 11 heteroatoms. The molecule has 0 aliphatic heterocycles. The Hall–Kier alpha value is -4.15. The monoisotopic (exact) mass is 392 g/mol. The molecule has 29 heavy (non-hydrogen) atoms. The Morgan fingerprint density at radius 1 is 1.17 bits per heavy atom. The van der Waals surface area contributed by atoms with Crippen LogP contribution in [-0.4, -0.2) is 40.3 Å². The molecule has 0 aliphatic rings. The second kappa shape index (κ2) is 6.48. The van der Waals surface area contributed by atoms with Crippen LogP contribution in [0.25, 0.3) is 28.4 Å². The maximum Gasteiger partial charge on any atom is 0.330 e. The summed E-state index contributed by atoms with van der Waals surface area (Å²) in [5.74, 6) is 1.45. The summed E-state index contributed by atoms with van der Waals surface area (Å²) in [5.41, 5.74) is 7.18.